The molecule has 250 valence electrons. The summed E-state index contributed by atoms with van der Waals surface area (Å²) in [5, 5.41) is 11.5. The van der Waals surface area contributed by atoms with Gasteiger partial charge in [-0.1, -0.05) is 42.5 Å². The quantitative estimate of drug-likeness (QED) is 0.106. The van der Waals surface area contributed by atoms with Crippen molar-refractivity contribution in [1.82, 2.24) is 9.13 Å². The topological polar surface area (TPSA) is 265 Å². The molecule has 46 heavy (non-hydrogen) atoms. The Morgan fingerprint density at radius 3 is 2.28 bits per heavy atom. The van der Waals surface area contributed by atoms with Gasteiger partial charge in [0, 0.05) is 24.2 Å². The fourth-order valence-electron chi connectivity index (χ4n) is 4.55. The lowest BCUT2D eigenvalue weighted by Crippen LogP contribution is -2.42. The summed E-state index contributed by atoms with van der Waals surface area (Å²) in [5.41, 5.74) is -0.597. The van der Waals surface area contributed by atoms with Gasteiger partial charge in [0.1, 0.15) is 12.3 Å². The molecule has 1 aliphatic rings. The maximum atomic E-state index is 13.5. The Hall–Kier alpha value is -3.15. The summed E-state index contributed by atoms with van der Waals surface area (Å²) < 4.78 is 61.0. The molecule has 3 unspecified atom stereocenters. The van der Waals surface area contributed by atoms with Crippen LogP contribution in [0.3, 0.4) is 0 Å². The third kappa shape index (κ3) is 9.45. The van der Waals surface area contributed by atoms with Gasteiger partial charge in [-0.05, 0) is 18.6 Å². The number of rotatable bonds is 14. The highest BCUT2D eigenvalue weighted by atomic mass is 31.3. The van der Waals surface area contributed by atoms with Crippen LogP contribution in [0.15, 0.2) is 70.4 Å². The van der Waals surface area contributed by atoms with Gasteiger partial charge in [-0.25, -0.2) is 18.5 Å². The van der Waals surface area contributed by atoms with Crippen molar-refractivity contribution in [3.8, 4) is 0 Å². The van der Waals surface area contributed by atoms with E-state index in [4.69, 9.17) is 23.8 Å². The van der Waals surface area contributed by atoms with Crippen molar-refractivity contribution in [3.63, 3.8) is 0 Å². The summed E-state index contributed by atoms with van der Waals surface area (Å²) in [5.74, 6) is 0. The summed E-state index contributed by atoms with van der Waals surface area (Å²) in [7, 11) is -17.0. The van der Waals surface area contributed by atoms with E-state index in [0.717, 1.165) is 9.13 Å². The maximum absolute atomic E-state index is 13.5. The first-order chi connectivity index (χ1) is 21.4. The molecular formula is C24H28N3O16P3. The van der Waals surface area contributed by atoms with Crippen LogP contribution >= 0.6 is 23.5 Å². The number of aromatic nitrogens is 2. The number of hydrogen-bond donors (Lipinski definition) is 4. The number of hydrogen-bond acceptors (Lipinski definition) is 12. The molecule has 0 aliphatic carbocycles. The monoisotopic (exact) mass is 707 g/mol. The average molecular weight is 707 g/mol. The van der Waals surface area contributed by atoms with E-state index >= 15 is 0 Å². The van der Waals surface area contributed by atoms with E-state index in [0.29, 0.717) is 5.56 Å². The molecule has 4 N–H and O–H groups in total. The van der Waals surface area contributed by atoms with Crippen LogP contribution in [0.5, 0.6) is 0 Å². The van der Waals surface area contributed by atoms with Crippen molar-refractivity contribution in [2.24, 2.45) is 0 Å². The summed E-state index contributed by atoms with van der Waals surface area (Å²) in [4.78, 5) is 74.1. The van der Waals surface area contributed by atoms with Gasteiger partial charge in [-0.3, -0.25) is 28.6 Å². The van der Waals surface area contributed by atoms with Gasteiger partial charge in [-0.2, -0.15) is 8.62 Å². The van der Waals surface area contributed by atoms with E-state index < -0.39 is 64.7 Å². The number of nitro groups is 1. The fourth-order valence-corrected chi connectivity index (χ4v) is 7.58. The van der Waals surface area contributed by atoms with Gasteiger partial charge in [0.05, 0.1) is 36.3 Å². The molecule has 1 aliphatic heterocycles. The van der Waals surface area contributed by atoms with Gasteiger partial charge in [0.15, 0.2) is 0 Å². The van der Waals surface area contributed by atoms with Crippen molar-refractivity contribution in [2.45, 2.75) is 44.9 Å². The molecule has 0 radical (unpaired) electrons. The van der Waals surface area contributed by atoms with Gasteiger partial charge in [-0.15, -0.1) is 0 Å². The fraction of sp³-hybridized carbons (Fsp3) is 0.333. The Kier molecular flexibility index (Phi) is 11.1. The Labute approximate surface area is 259 Å². The summed E-state index contributed by atoms with van der Waals surface area (Å²) >= 11 is 0. The molecule has 1 saturated heterocycles. The van der Waals surface area contributed by atoms with Crippen LogP contribution in [0.2, 0.25) is 0 Å². The Morgan fingerprint density at radius 1 is 0.978 bits per heavy atom. The number of nitro benzene ring substituents is 1. The highest BCUT2D eigenvalue weighted by molar-refractivity contribution is 7.66. The lowest BCUT2D eigenvalue weighted by atomic mass is 10.1. The Morgan fingerprint density at radius 2 is 1.63 bits per heavy atom. The van der Waals surface area contributed by atoms with Crippen LogP contribution in [0.25, 0.3) is 0 Å². The minimum atomic E-state index is -5.81. The van der Waals surface area contributed by atoms with E-state index in [-0.39, 0.29) is 36.4 Å². The summed E-state index contributed by atoms with van der Waals surface area (Å²) in [6.07, 6.45) is -2.49. The molecule has 2 heterocycles. The van der Waals surface area contributed by atoms with Gasteiger partial charge in [0.25, 0.3) is 11.2 Å². The zero-order valence-corrected chi connectivity index (χ0v) is 26.4. The van der Waals surface area contributed by atoms with Crippen molar-refractivity contribution >= 4 is 29.2 Å². The van der Waals surface area contributed by atoms with E-state index in [2.05, 4.69) is 8.62 Å². The van der Waals surface area contributed by atoms with Gasteiger partial charge < -0.3 is 29.0 Å². The van der Waals surface area contributed by atoms with E-state index in [9.17, 15) is 43.2 Å². The largest absolute Gasteiger partial charge is 0.490 e. The molecule has 1 fully saturated rings. The molecular weight excluding hydrogens is 679 g/mol. The second-order valence-electron chi connectivity index (χ2n) is 9.87. The first kappa shape index (κ1) is 35.7. The van der Waals surface area contributed by atoms with Crippen LogP contribution < -0.4 is 11.2 Å². The summed E-state index contributed by atoms with van der Waals surface area (Å²) in [6.45, 7) is 0.133. The number of ether oxygens (including phenoxy) is 2. The lowest BCUT2D eigenvalue weighted by molar-refractivity contribution is -0.386. The Bertz CT molecular complexity index is 1840. The predicted octanol–water partition coefficient (Wildman–Crippen LogP) is 2.49. The molecule has 4 rings (SSSR count). The van der Waals surface area contributed by atoms with Crippen LogP contribution in [0, 0.1) is 17.0 Å². The third-order valence-corrected chi connectivity index (χ3v) is 10.3. The minimum absolute atomic E-state index is 0.0695. The number of para-hydroxylation sites is 1. The maximum Gasteiger partial charge on any atom is 0.490 e. The molecule has 0 bridgehead atoms. The van der Waals surface area contributed by atoms with Crippen LogP contribution in [-0.4, -0.2) is 52.4 Å². The number of benzene rings is 2. The number of phosphoric acid groups is 3. The average Bonchev–Trinajstić information content (AvgIpc) is 3.36. The normalized spacial score (nSPS) is 21.0. The zero-order valence-electron chi connectivity index (χ0n) is 23.7. The molecule has 0 amide bonds. The SMILES string of the molecule is Cc1cn([C@H]2CC(OCc3ccccc3[N+](=O)[O-])[C@@H](COP(=O)(O)OP(=O)(O)OP(=O)(O)O)O2)c(=O)n(Cc2ccccc2)c1=O. The highest BCUT2D eigenvalue weighted by Crippen LogP contribution is 2.66. The van der Waals surface area contributed by atoms with Gasteiger partial charge >= 0.3 is 29.2 Å². The molecule has 22 heteroatoms. The molecule has 1 aromatic heterocycles. The van der Waals surface area contributed by atoms with Crippen LogP contribution in [-0.2, 0) is 49.5 Å². The van der Waals surface area contributed by atoms with E-state index in [1.807, 2.05) is 0 Å². The van der Waals surface area contributed by atoms with Crippen molar-refractivity contribution < 1.29 is 60.8 Å². The zero-order chi connectivity index (χ0) is 33.9. The third-order valence-electron chi connectivity index (χ3n) is 6.50. The minimum Gasteiger partial charge on any atom is -0.370 e. The molecule has 0 saturated carbocycles. The first-order valence-corrected chi connectivity index (χ1v) is 17.6. The van der Waals surface area contributed by atoms with E-state index in [1.54, 1.807) is 30.3 Å². The molecule has 19 nitrogen and oxygen atoms in total. The lowest BCUT2D eigenvalue weighted by Gasteiger charge is -2.21. The van der Waals surface area contributed by atoms with Crippen molar-refractivity contribution in [3.05, 3.63) is 108 Å². The van der Waals surface area contributed by atoms with Crippen LogP contribution in [0.1, 0.15) is 29.3 Å². The molecule has 3 aromatic rings. The number of phosphoric ester groups is 1. The van der Waals surface area contributed by atoms with Crippen LogP contribution in [0.4, 0.5) is 5.69 Å². The molecule has 0 spiro atoms. The summed E-state index contributed by atoms with van der Waals surface area (Å²) in [6, 6.07) is 14.3. The number of aryl methyl sites for hydroxylation is 1. The molecule has 2 aromatic carbocycles. The van der Waals surface area contributed by atoms with Crippen molar-refractivity contribution in [2.75, 3.05) is 6.61 Å². The Balaban J connectivity index is 1.60. The van der Waals surface area contributed by atoms with Crippen molar-refractivity contribution in [1.29, 1.82) is 0 Å². The van der Waals surface area contributed by atoms with E-state index in [1.165, 1.54) is 37.4 Å². The molecule has 5 atom stereocenters. The number of nitrogens with zero attached hydrogens (tertiary/aromatic N) is 3. The van der Waals surface area contributed by atoms with Gasteiger partial charge in [0.2, 0.25) is 0 Å². The predicted molar refractivity (Wildman–Crippen MR) is 155 cm³/mol. The smallest absolute Gasteiger partial charge is 0.370 e. The highest BCUT2D eigenvalue weighted by Gasteiger charge is 2.44. The second kappa shape index (κ2) is 14.3. The first-order valence-electron chi connectivity index (χ1n) is 13.1. The second-order valence-corrected chi connectivity index (χ2v) is 14.3. The standard InChI is InChI=1S/C24H28N3O16P3/c1-16-12-25(24(29)26(23(16)28)13-17-7-3-2-4-8-17)22-11-20(39-14-18-9-5-6-10-19(18)27(30)31)21(41-22)15-40-45(35,36)43-46(37,38)42-44(32,33)34/h2-10,12,20-22H,11,13-15H2,1H3,(H,35,36)(H,37,38)(H2,32,33,34)/t20?,21-,22-/m1/s1.